The molecule has 3 rings (SSSR count). The molecule has 2 aromatic rings. The maximum Gasteiger partial charge on any atom is 0.274 e. The van der Waals surface area contributed by atoms with E-state index >= 15 is 0 Å². The van der Waals surface area contributed by atoms with Gasteiger partial charge in [0.2, 0.25) is 0 Å². The Kier molecular flexibility index (Phi) is 5.81. The molecule has 2 heterocycles. The number of hydrogen-bond donors (Lipinski definition) is 0. The molecule has 1 atom stereocenters. The lowest BCUT2D eigenvalue weighted by Crippen LogP contribution is -2.41. The molecule has 1 aromatic carbocycles. The Morgan fingerprint density at radius 2 is 2.00 bits per heavy atom. The average molecular weight is 357 g/mol. The van der Waals surface area contributed by atoms with Gasteiger partial charge in [-0.05, 0) is 57.0 Å². The summed E-state index contributed by atoms with van der Waals surface area (Å²) >= 11 is 0. The first kappa shape index (κ1) is 18.3. The van der Waals surface area contributed by atoms with Gasteiger partial charge in [0.05, 0.1) is 13.7 Å². The van der Waals surface area contributed by atoms with Crippen molar-refractivity contribution in [3.8, 4) is 11.5 Å². The molecule has 1 saturated heterocycles. The highest BCUT2D eigenvalue weighted by atomic mass is 16.5. The van der Waals surface area contributed by atoms with Crippen LogP contribution in [0.4, 0.5) is 0 Å². The second-order valence-corrected chi connectivity index (χ2v) is 6.73. The van der Waals surface area contributed by atoms with Crippen LogP contribution in [0.25, 0.3) is 0 Å². The summed E-state index contributed by atoms with van der Waals surface area (Å²) in [6.07, 6.45) is 2.07. The van der Waals surface area contributed by atoms with Gasteiger partial charge in [0.1, 0.15) is 11.5 Å². The maximum absolute atomic E-state index is 12.8. The van der Waals surface area contributed by atoms with E-state index in [-0.39, 0.29) is 5.91 Å². The van der Waals surface area contributed by atoms with E-state index < -0.39 is 0 Å². The Morgan fingerprint density at radius 1 is 1.27 bits per heavy atom. The quantitative estimate of drug-likeness (QED) is 0.797. The molecular formula is C20H27N3O3. The summed E-state index contributed by atoms with van der Waals surface area (Å²) in [6, 6.07) is 9.47. The first-order chi connectivity index (χ1) is 12.6. The van der Waals surface area contributed by atoms with E-state index in [2.05, 4.69) is 5.10 Å². The van der Waals surface area contributed by atoms with Gasteiger partial charge in [-0.2, -0.15) is 5.10 Å². The van der Waals surface area contributed by atoms with Gasteiger partial charge >= 0.3 is 0 Å². The third-order valence-corrected chi connectivity index (χ3v) is 4.85. The molecule has 140 valence electrons. The molecule has 0 unspecified atom stereocenters. The van der Waals surface area contributed by atoms with Crippen LogP contribution in [0.15, 0.2) is 30.3 Å². The Bertz CT molecular complexity index is 739. The molecular weight excluding hydrogens is 330 g/mol. The number of nitrogens with zero attached hydrogens (tertiary/aromatic N) is 3. The van der Waals surface area contributed by atoms with Crippen LogP contribution in [-0.4, -0.2) is 47.4 Å². The summed E-state index contributed by atoms with van der Waals surface area (Å²) in [5.41, 5.74) is 1.56. The van der Waals surface area contributed by atoms with Crippen LogP contribution in [-0.2, 0) is 6.54 Å². The maximum atomic E-state index is 12.8. The number of piperidine rings is 1. The summed E-state index contributed by atoms with van der Waals surface area (Å²) in [7, 11) is 1.65. The Balaban J connectivity index is 1.56. The van der Waals surface area contributed by atoms with Crippen LogP contribution in [0.5, 0.6) is 11.5 Å². The molecule has 1 fully saturated rings. The number of carbonyl (C=O) groups excluding carboxylic acids is 1. The first-order valence-electron chi connectivity index (χ1n) is 9.21. The number of carbonyl (C=O) groups is 1. The van der Waals surface area contributed by atoms with Crippen molar-refractivity contribution >= 4 is 5.91 Å². The molecule has 1 amide bonds. The summed E-state index contributed by atoms with van der Waals surface area (Å²) in [5, 5.41) is 4.42. The molecule has 0 saturated carbocycles. The third kappa shape index (κ3) is 4.18. The molecule has 1 aliphatic rings. The molecule has 1 aromatic heterocycles. The van der Waals surface area contributed by atoms with Crippen molar-refractivity contribution in [3.63, 3.8) is 0 Å². The minimum atomic E-state index is 0.0226. The molecule has 6 nitrogen and oxygen atoms in total. The normalized spacial score (nSPS) is 17.2. The van der Waals surface area contributed by atoms with Gasteiger partial charge < -0.3 is 14.4 Å². The van der Waals surface area contributed by atoms with Crippen molar-refractivity contribution in [2.24, 2.45) is 5.92 Å². The molecule has 1 aliphatic heterocycles. The van der Waals surface area contributed by atoms with Crippen LogP contribution in [0.1, 0.15) is 35.9 Å². The largest absolute Gasteiger partial charge is 0.497 e. The van der Waals surface area contributed by atoms with E-state index in [1.807, 2.05) is 53.8 Å². The average Bonchev–Trinajstić information content (AvgIpc) is 3.07. The lowest BCUT2D eigenvalue weighted by atomic mass is 9.98. The molecule has 6 heteroatoms. The fourth-order valence-corrected chi connectivity index (χ4v) is 3.37. The first-order valence-corrected chi connectivity index (χ1v) is 9.21. The zero-order chi connectivity index (χ0) is 18.5. The predicted octanol–water partition coefficient (Wildman–Crippen LogP) is 3.15. The monoisotopic (exact) mass is 357 g/mol. The summed E-state index contributed by atoms with van der Waals surface area (Å²) in [6.45, 7) is 6.90. The van der Waals surface area contributed by atoms with Gasteiger partial charge in [-0.3, -0.25) is 9.48 Å². The minimum Gasteiger partial charge on any atom is -0.497 e. The number of rotatable bonds is 6. The summed E-state index contributed by atoms with van der Waals surface area (Å²) in [4.78, 5) is 14.7. The van der Waals surface area contributed by atoms with Crippen molar-refractivity contribution in [2.75, 3.05) is 26.8 Å². The summed E-state index contributed by atoms with van der Waals surface area (Å²) in [5.74, 6) is 2.00. The van der Waals surface area contributed by atoms with Crippen LogP contribution < -0.4 is 9.47 Å². The van der Waals surface area contributed by atoms with Crippen molar-refractivity contribution in [1.29, 1.82) is 0 Å². The van der Waals surface area contributed by atoms with E-state index in [0.29, 0.717) is 24.8 Å². The number of amides is 1. The van der Waals surface area contributed by atoms with Gasteiger partial charge in [0, 0.05) is 31.2 Å². The number of ether oxygens (including phenoxy) is 2. The summed E-state index contributed by atoms with van der Waals surface area (Å²) < 4.78 is 12.9. The number of aryl methyl sites for hydroxylation is 2. The van der Waals surface area contributed by atoms with E-state index in [1.54, 1.807) is 7.11 Å². The van der Waals surface area contributed by atoms with Gasteiger partial charge in [0.25, 0.3) is 5.91 Å². The van der Waals surface area contributed by atoms with Crippen molar-refractivity contribution in [2.45, 2.75) is 33.2 Å². The fourth-order valence-electron chi connectivity index (χ4n) is 3.37. The second-order valence-electron chi connectivity index (χ2n) is 6.73. The molecule has 0 radical (unpaired) electrons. The molecule has 0 bridgehead atoms. The van der Waals surface area contributed by atoms with Gasteiger partial charge in [-0.25, -0.2) is 0 Å². The van der Waals surface area contributed by atoms with Crippen molar-refractivity contribution < 1.29 is 14.3 Å². The Hall–Kier alpha value is -2.50. The second kappa shape index (κ2) is 8.25. The number of aromatic nitrogens is 2. The lowest BCUT2D eigenvalue weighted by molar-refractivity contribution is 0.0626. The smallest absolute Gasteiger partial charge is 0.274 e. The van der Waals surface area contributed by atoms with Gasteiger partial charge in [-0.15, -0.1) is 0 Å². The van der Waals surface area contributed by atoms with Crippen molar-refractivity contribution in [1.82, 2.24) is 14.7 Å². The van der Waals surface area contributed by atoms with Gasteiger partial charge in [-0.1, -0.05) is 0 Å². The lowest BCUT2D eigenvalue weighted by Gasteiger charge is -2.32. The molecule has 0 N–H and O–H groups in total. The van der Waals surface area contributed by atoms with Crippen LogP contribution in [0, 0.1) is 12.8 Å². The molecule has 0 aliphatic carbocycles. The highest BCUT2D eigenvalue weighted by molar-refractivity contribution is 5.92. The van der Waals surface area contributed by atoms with Crippen LogP contribution >= 0.6 is 0 Å². The molecule has 0 spiro atoms. The standard InChI is InChI=1S/C20H27N3O3/c1-4-23-15(2)12-19(21-23)20(24)22-11-5-6-16(13-22)14-26-18-9-7-17(25-3)8-10-18/h7-10,12,16H,4-6,11,13-14H2,1-3H3/t16-/m0/s1. The van der Waals surface area contributed by atoms with E-state index in [1.165, 1.54) is 0 Å². The van der Waals surface area contributed by atoms with E-state index in [4.69, 9.17) is 9.47 Å². The highest BCUT2D eigenvalue weighted by Crippen LogP contribution is 2.22. The van der Waals surface area contributed by atoms with Crippen LogP contribution in [0.3, 0.4) is 0 Å². The predicted molar refractivity (Wildman–Crippen MR) is 99.8 cm³/mol. The van der Waals surface area contributed by atoms with Crippen LogP contribution in [0.2, 0.25) is 0 Å². The van der Waals surface area contributed by atoms with E-state index in [9.17, 15) is 4.79 Å². The Labute approximate surface area is 154 Å². The number of likely N-dealkylation sites (tertiary alicyclic amines) is 1. The zero-order valence-corrected chi connectivity index (χ0v) is 15.8. The molecule has 26 heavy (non-hydrogen) atoms. The number of methoxy groups -OCH3 is 1. The topological polar surface area (TPSA) is 56.6 Å². The zero-order valence-electron chi connectivity index (χ0n) is 15.8. The SMILES string of the molecule is CCn1nc(C(=O)N2CCC[C@H](COc3ccc(OC)cc3)C2)cc1C. The third-order valence-electron chi connectivity index (χ3n) is 4.85. The minimum absolute atomic E-state index is 0.0226. The van der Waals surface area contributed by atoms with Crippen molar-refractivity contribution in [3.05, 3.63) is 41.7 Å². The van der Waals surface area contributed by atoms with Gasteiger partial charge in [0.15, 0.2) is 5.69 Å². The fraction of sp³-hybridized carbons (Fsp3) is 0.500. The van der Waals surface area contributed by atoms with E-state index in [0.717, 1.165) is 43.1 Å². The Morgan fingerprint density at radius 3 is 2.65 bits per heavy atom. The number of benzene rings is 1. The highest BCUT2D eigenvalue weighted by Gasteiger charge is 2.26. The number of hydrogen-bond acceptors (Lipinski definition) is 4.